The van der Waals surface area contributed by atoms with Crippen LogP contribution in [0.1, 0.15) is 170 Å². The van der Waals surface area contributed by atoms with Crippen LogP contribution in [-0.4, -0.2) is 44.9 Å². The summed E-state index contributed by atoms with van der Waals surface area (Å²) in [5.74, 6) is 0. The first-order valence-electron chi connectivity index (χ1n) is 23.0. The fourth-order valence-electron chi connectivity index (χ4n) is 8.85. The van der Waals surface area contributed by atoms with E-state index < -0.39 is 7.94 Å². The molecule has 3 aromatic rings. The molecular formula is C50H85BNSi+. The molecule has 3 heteroatoms. The van der Waals surface area contributed by atoms with Gasteiger partial charge in [0.2, 0.25) is 6.31 Å². The van der Waals surface area contributed by atoms with E-state index in [0.29, 0.717) is 6.31 Å². The van der Waals surface area contributed by atoms with Crippen molar-refractivity contribution in [3.63, 3.8) is 0 Å². The topological polar surface area (TPSA) is 0 Å². The minimum atomic E-state index is -1.92. The molecule has 0 aliphatic carbocycles. The summed E-state index contributed by atoms with van der Waals surface area (Å²) >= 11 is 0. The fraction of sp³-hybridized carbons (Fsp3) is 0.640. The van der Waals surface area contributed by atoms with Crippen molar-refractivity contribution >= 4 is 30.4 Å². The van der Waals surface area contributed by atoms with Gasteiger partial charge in [0.25, 0.3) is 0 Å². The molecule has 296 valence electrons. The Labute approximate surface area is 332 Å². The van der Waals surface area contributed by atoms with Gasteiger partial charge in [-0.2, -0.15) is 0 Å². The Balaban J connectivity index is 0.000000482. The van der Waals surface area contributed by atoms with Crippen molar-refractivity contribution in [2.45, 2.75) is 183 Å². The molecule has 0 saturated carbocycles. The SMILES string of the molecule is CCCCCCCCc1ccccc1B(c1ccccc1)[Si](CCCC)(CCCC)c1ccccc1.CCCC[N+](CCCC)(CCCC)CCCC. The molecule has 0 spiro atoms. The normalized spacial score (nSPS) is 11.7. The van der Waals surface area contributed by atoms with Crippen LogP contribution < -0.4 is 16.1 Å². The highest BCUT2D eigenvalue weighted by Crippen LogP contribution is 2.27. The van der Waals surface area contributed by atoms with E-state index in [4.69, 9.17) is 0 Å². The summed E-state index contributed by atoms with van der Waals surface area (Å²) in [5, 5.41) is 1.66. The number of aryl methyl sites for hydroxylation is 1. The second-order valence-corrected chi connectivity index (χ2v) is 20.9. The summed E-state index contributed by atoms with van der Waals surface area (Å²) in [6, 6.07) is 35.6. The van der Waals surface area contributed by atoms with E-state index >= 15 is 0 Å². The van der Waals surface area contributed by atoms with Gasteiger partial charge in [0.05, 0.1) is 34.1 Å². The molecular weight excluding hydrogens is 653 g/mol. The van der Waals surface area contributed by atoms with E-state index in [-0.39, 0.29) is 0 Å². The van der Waals surface area contributed by atoms with Crippen molar-refractivity contribution in [1.82, 2.24) is 0 Å². The first kappa shape index (κ1) is 47.1. The Morgan fingerprint density at radius 3 is 1.32 bits per heavy atom. The standard InChI is InChI=1S/C34H49BSi.C16H36N/c1-4-7-10-11-12-15-22-31-23-20-21-28-34(31)35(32-24-16-13-17-25-32)36(29-8-5-2,30-9-6-3)33-26-18-14-19-27-33;1-5-9-13-17(14-10-6-2,15-11-7-3)16-12-8-4/h13-14,16-21,23-28H,4-12,15,22,29-30H2,1-3H3;5-16H2,1-4H3/q;+1. The van der Waals surface area contributed by atoms with Gasteiger partial charge in [-0.1, -0.05) is 251 Å². The van der Waals surface area contributed by atoms with Gasteiger partial charge in [0, 0.05) is 0 Å². The number of benzene rings is 3. The predicted molar refractivity (Wildman–Crippen MR) is 246 cm³/mol. The third kappa shape index (κ3) is 16.7. The number of unbranched alkanes of at least 4 members (excludes halogenated alkanes) is 11. The smallest absolute Gasteiger partial charge is 0.208 e. The summed E-state index contributed by atoms with van der Waals surface area (Å²) in [6.45, 7) is 22.1. The average Bonchev–Trinajstić information content (AvgIpc) is 3.21. The van der Waals surface area contributed by atoms with Gasteiger partial charge >= 0.3 is 0 Å². The third-order valence-corrected chi connectivity index (χ3v) is 17.8. The molecule has 0 amide bonds. The van der Waals surface area contributed by atoms with E-state index in [1.54, 1.807) is 16.2 Å². The van der Waals surface area contributed by atoms with Gasteiger partial charge in [0.15, 0.2) is 0 Å². The quantitative estimate of drug-likeness (QED) is 0.0378. The number of hydrogen-bond acceptors (Lipinski definition) is 0. The van der Waals surface area contributed by atoms with Crippen LogP contribution in [0.5, 0.6) is 0 Å². The van der Waals surface area contributed by atoms with Crippen LogP contribution in [0.3, 0.4) is 0 Å². The zero-order chi connectivity index (χ0) is 38.5. The van der Waals surface area contributed by atoms with Gasteiger partial charge in [0.1, 0.15) is 0 Å². The van der Waals surface area contributed by atoms with Crippen LogP contribution in [0.4, 0.5) is 0 Å². The molecule has 0 fully saturated rings. The third-order valence-electron chi connectivity index (χ3n) is 12.1. The summed E-state index contributed by atoms with van der Waals surface area (Å²) in [7, 11) is -1.92. The van der Waals surface area contributed by atoms with E-state index in [2.05, 4.69) is 133 Å². The van der Waals surface area contributed by atoms with E-state index in [9.17, 15) is 0 Å². The van der Waals surface area contributed by atoms with Gasteiger partial charge in [-0.15, -0.1) is 0 Å². The second kappa shape index (κ2) is 29.2. The van der Waals surface area contributed by atoms with Crippen LogP contribution in [0, 0.1) is 0 Å². The van der Waals surface area contributed by atoms with Crippen molar-refractivity contribution in [3.8, 4) is 0 Å². The maximum absolute atomic E-state index is 2.49. The zero-order valence-electron chi connectivity index (χ0n) is 36.3. The first-order valence-corrected chi connectivity index (χ1v) is 25.5. The molecule has 0 aliphatic rings. The van der Waals surface area contributed by atoms with Crippen LogP contribution in [-0.2, 0) is 6.42 Å². The summed E-state index contributed by atoms with van der Waals surface area (Å²) in [6.07, 6.45) is 26.1. The van der Waals surface area contributed by atoms with Crippen LogP contribution in [0.2, 0.25) is 12.1 Å². The van der Waals surface area contributed by atoms with Crippen LogP contribution in [0.25, 0.3) is 0 Å². The summed E-state index contributed by atoms with van der Waals surface area (Å²) in [5.41, 5.74) is 4.76. The highest BCUT2D eigenvalue weighted by molar-refractivity contribution is 7.47. The molecule has 0 aliphatic heterocycles. The number of nitrogens with zero attached hydrogens (tertiary/aromatic N) is 1. The molecule has 53 heavy (non-hydrogen) atoms. The van der Waals surface area contributed by atoms with Crippen molar-refractivity contribution in [1.29, 1.82) is 0 Å². The lowest BCUT2D eigenvalue weighted by atomic mass is 9.59. The molecule has 0 radical (unpaired) electrons. The van der Waals surface area contributed by atoms with E-state index in [0.717, 1.165) is 0 Å². The summed E-state index contributed by atoms with van der Waals surface area (Å²) < 4.78 is 1.42. The Bertz CT molecular complexity index is 1220. The second-order valence-electron chi connectivity index (χ2n) is 16.4. The predicted octanol–water partition coefficient (Wildman–Crippen LogP) is 13.2. The molecule has 0 N–H and O–H groups in total. The number of quaternary nitrogens is 1. The highest BCUT2D eigenvalue weighted by atomic mass is 28.3. The van der Waals surface area contributed by atoms with Gasteiger partial charge in [-0.25, -0.2) is 0 Å². The molecule has 0 heterocycles. The van der Waals surface area contributed by atoms with E-state index in [1.165, 1.54) is 170 Å². The van der Waals surface area contributed by atoms with Crippen LogP contribution >= 0.6 is 0 Å². The molecule has 0 bridgehead atoms. The van der Waals surface area contributed by atoms with Crippen molar-refractivity contribution in [2.75, 3.05) is 26.2 Å². The molecule has 3 aromatic carbocycles. The highest BCUT2D eigenvalue weighted by Gasteiger charge is 2.46. The Kier molecular flexibility index (Phi) is 25.9. The van der Waals surface area contributed by atoms with Crippen LogP contribution in [0.15, 0.2) is 84.9 Å². The van der Waals surface area contributed by atoms with Crippen molar-refractivity contribution in [3.05, 3.63) is 90.5 Å². The zero-order valence-corrected chi connectivity index (χ0v) is 37.3. The van der Waals surface area contributed by atoms with Gasteiger partial charge < -0.3 is 4.48 Å². The summed E-state index contributed by atoms with van der Waals surface area (Å²) in [4.78, 5) is 0. The Morgan fingerprint density at radius 1 is 0.415 bits per heavy atom. The maximum Gasteiger partial charge on any atom is 0.208 e. The van der Waals surface area contributed by atoms with Gasteiger partial charge in [-0.3, -0.25) is 0 Å². The largest absolute Gasteiger partial charge is 0.324 e. The minimum Gasteiger partial charge on any atom is -0.324 e. The monoisotopic (exact) mass is 739 g/mol. The van der Waals surface area contributed by atoms with Crippen molar-refractivity contribution in [2.24, 2.45) is 0 Å². The maximum atomic E-state index is 2.49. The Hall–Kier alpha value is -2.10. The lowest BCUT2D eigenvalue weighted by Crippen LogP contribution is -2.70. The molecule has 0 unspecified atom stereocenters. The molecule has 0 atom stereocenters. The number of hydrogen-bond donors (Lipinski definition) is 0. The molecule has 0 saturated heterocycles. The number of rotatable bonds is 29. The molecule has 0 aromatic heterocycles. The first-order chi connectivity index (χ1) is 26.0. The lowest BCUT2D eigenvalue weighted by molar-refractivity contribution is -0.929. The Morgan fingerprint density at radius 2 is 0.830 bits per heavy atom. The fourth-order valence-corrected chi connectivity index (χ4v) is 15.1. The van der Waals surface area contributed by atoms with Gasteiger partial charge in [-0.05, 0) is 38.5 Å². The average molecular weight is 739 g/mol. The lowest BCUT2D eigenvalue weighted by Gasteiger charge is -2.40. The molecule has 1 nitrogen and oxygen atoms in total. The molecule has 3 rings (SSSR count). The minimum absolute atomic E-state index is 0.510. The van der Waals surface area contributed by atoms with Crippen molar-refractivity contribution < 1.29 is 4.48 Å². The van der Waals surface area contributed by atoms with E-state index in [1.807, 2.05) is 0 Å².